The van der Waals surface area contributed by atoms with E-state index in [2.05, 4.69) is 15.6 Å². The summed E-state index contributed by atoms with van der Waals surface area (Å²) in [6.07, 6.45) is 5.83. The average molecular weight is 457 g/mol. The predicted octanol–water partition coefficient (Wildman–Crippen LogP) is 4.29. The maximum absolute atomic E-state index is 13.4. The highest BCUT2D eigenvalue weighted by Crippen LogP contribution is 2.25. The van der Waals surface area contributed by atoms with Crippen LogP contribution in [0.4, 0.5) is 10.8 Å². The fraction of sp³-hybridized carbons (Fsp3) is 0.500. The first-order chi connectivity index (χ1) is 15.3. The third-order valence-corrected chi connectivity index (χ3v) is 6.39. The van der Waals surface area contributed by atoms with Crippen LogP contribution in [0.25, 0.3) is 0 Å². The van der Waals surface area contributed by atoms with E-state index in [1.165, 1.54) is 11.3 Å². The van der Waals surface area contributed by atoms with E-state index in [9.17, 15) is 14.4 Å². The van der Waals surface area contributed by atoms with Gasteiger partial charge >= 0.3 is 0 Å². The van der Waals surface area contributed by atoms with Gasteiger partial charge in [0.15, 0.2) is 5.13 Å². The molecule has 32 heavy (non-hydrogen) atoms. The number of hydrogen-bond acceptors (Lipinski definition) is 5. The van der Waals surface area contributed by atoms with E-state index in [0.29, 0.717) is 10.8 Å². The van der Waals surface area contributed by atoms with Gasteiger partial charge in [-0.05, 0) is 37.8 Å². The first-order valence-electron chi connectivity index (χ1n) is 11.2. The normalized spacial score (nSPS) is 14.9. The van der Waals surface area contributed by atoms with Gasteiger partial charge in [-0.1, -0.05) is 44.4 Å². The molecule has 1 aliphatic rings. The molecule has 0 spiro atoms. The lowest BCUT2D eigenvalue weighted by Crippen LogP contribution is -2.54. The summed E-state index contributed by atoms with van der Waals surface area (Å²) in [5, 5.41) is 8.14. The summed E-state index contributed by atoms with van der Waals surface area (Å²) >= 11 is 1.33. The second-order valence-corrected chi connectivity index (χ2v) is 9.56. The number of carbonyl (C=O) groups excluding carboxylic acids is 3. The van der Waals surface area contributed by atoms with E-state index in [1.807, 2.05) is 45.0 Å². The number of aromatic nitrogens is 1. The largest absolute Gasteiger partial charge is 0.352 e. The second kappa shape index (κ2) is 11.2. The van der Waals surface area contributed by atoms with Gasteiger partial charge in [-0.25, -0.2) is 4.98 Å². The smallest absolute Gasteiger partial charge is 0.243 e. The molecule has 1 fully saturated rings. The molecular weight excluding hydrogens is 424 g/mol. The molecule has 3 rings (SSSR count). The first-order valence-corrected chi connectivity index (χ1v) is 12.1. The van der Waals surface area contributed by atoms with Crippen molar-refractivity contribution in [2.75, 3.05) is 10.2 Å². The van der Waals surface area contributed by atoms with Crippen molar-refractivity contribution in [2.24, 2.45) is 5.92 Å². The number of rotatable bonds is 9. The first kappa shape index (κ1) is 23.9. The number of carbonyl (C=O) groups is 3. The molecule has 0 radical (unpaired) electrons. The summed E-state index contributed by atoms with van der Waals surface area (Å²) in [6.45, 7) is 5.87. The van der Waals surface area contributed by atoms with Crippen molar-refractivity contribution in [3.05, 3.63) is 41.4 Å². The van der Waals surface area contributed by atoms with E-state index in [1.54, 1.807) is 16.5 Å². The molecule has 1 saturated carbocycles. The maximum Gasteiger partial charge on any atom is 0.243 e. The summed E-state index contributed by atoms with van der Waals surface area (Å²) < 4.78 is 0. The van der Waals surface area contributed by atoms with Gasteiger partial charge in [0.25, 0.3) is 0 Å². The van der Waals surface area contributed by atoms with Crippen LogP contribution in [0.1, 0.15) is 57.9 Å². The van der Waals surface area contributed by atoms with Crippen LogP contribution in [0.2, 0.25) is 0 Å². The Balaban J connectivity index is 1.77. The average Bonchev–Trinajstić information content (AvgIpc) is 3.45. The molecule has 2 aromatic rings. The Labute approximate surface area is 193 Å². The summed E-state index contributed by atoms with van der Waals surface area (Å²) in [6, 6.07) is 7.10. The molecule has 7 nitrogen and oxygen atoms in total. The number of nitrogens with zero attached hydrogens (tertiary/aromatic N) is 2. The predicted molar refractivity (Wildman–Crippen MR) is 128 cm³/mol. The molecule has 1 aliphatic carbocycles. The van der Waals surface area contributed by atoms with E-state index in [0.717, 1.165) is 31.2 Å². The molecule has 0 unspecified atom stereocenters. The Morgan fingerprint density at radius 2 is 1.81 bits per heavy atom. The number of nitrogens with one attached hydrogen (secondary N) is 2. The summed E-state index contributed by atoms with van der Waals surface area (Å²) in [4.78, 5) is 44.6. The van der Waals surface area contributed by atoms with Gasteiger partial charge in [-0.15, -0.1) is 11.3 Å². The Hall–Kier alpha value is -2.74. The van der Waals surface area contributed by atoms with Gasteiger partial charge in [0, 0.05) is 36.1 Å². The highest BCUT2D eigenvalue weighted by atomic mass is 32.1. The summed E-state index contributed by atoms with van der Waals surface area (Å²) in [5.74, 6) is -0.740. The minimum atomic E-state index is -0.646. The lowest BCUT2D eigenvalue weighted by atomic mass is 9.99. The topological polar surface area (TPSA) is 91.4 Å². The third-order valence-electron chi connectivity index (χ3n) is 5.71. The van der Waals surface area contributed by atoms with E-state index < -0.39 is 6.04 Å². The van der Waals surface area contributed by atoms with Gasteiger partial charge in [0.1, 0.15) is 6.04 Å². The van der Waals surface area contributed by atoms with E-state index in [-0.39, 0.29) is 42.5 Å². The number of aryl methyl sites for hydroxylation is 1. The van der Waals surface area contributed by atoms with Crippen LogP contribution in [0, 0.1) is 12.8 Å². The third kappa shape index (κ3) is 6.38. The monoisotopic (exact) mass is 456 g/mol. The highest BCUT2D eigenvalue weighted by molar-refractivity contribution is 7.13. The second-order valence-electron chi connectivity index (χ2n) is 8.66. The molecule has 0 aliphatic heterocycles. The zero-order chi connectivity index (χ0) is 23.1. The lowest BCUT2D eigenvalue weighted by molar-refractivity contribution is -0.128. The van der Waals surface area contributed by atoms with Crippen molar-refractivity contribution >= 4 is 39.9 Å². The van der Waals surface area contributed by atoms with Crippen LogP contribution in [0.15, 0.2) is 35.8 Å². The van der Waals surface area contributed by atoms with Crippen LogP contribution in [-0.4, -0.2) is 34.8 Å². The van der Waals surface area contributed by atoms with Crippen molar-refractivity contribution in [1.82, 2.24) is 10.3 Å². The van der Waals surface area contributed by atoms with Crippen molar-refractivity contribution in [2.45, 2.75) is 71.4 Å². The van der Waals surface area contributed by atoms with E-state index in [4.69, 9.17) is 0 Å². The van der Waals surface area contributed by atoms with Gasteiger partial charge in [-0.2, -0.15) is 0 Å². The Morgan fingerprint density at radius 3 is 2.41 bits per heavy atom. The zero-order valence-electron chi connectivity index (χ0n) is 19.0. The summed E-state index contributed by atoms with van der Waals surface area (Å²) in [5.41, 5.74) is 1.74. The van der Waals surface area contributed by atoms with Crippen LogP contribution < -0.4 is 15.5 Å². The fourth-order valence-corrected chi connectivity index (χ4v) is 4.59. The van der Waals surface area contributed by atoms with Gasteiger partial charge in [0.2, 0.25) is 17.7 Å². The summed E-state index contributed by atoms with van der Waals surface area (Å²) in [7, 11) is 0. The van der Waals surface area contributed by atoms with Crippen molar-refractivity contribution in [3.8, 4) is 0 Å². The number of thiazole rings is 1. The van der Waals surface area contributed by atoms with Gasteiger partial charge in [-0.3, -0.25) is 19.3 Å². The SMILES string of the molecule is Cc1ccc(N(C(=O)CCC(=O)Nc2nccs2)[C@@H](C(=O)NC2CCCC2)C(C)C)cc1. The number of hydrogen-bond donors (Lipinski definition) is 2. The number of anilines is 2. The fourth-order valence-electron chi connectivity index (χ4n) is 4.05. The highest BCUT2D eigenvalue weighted by Gasteiger charge is 2.35. The number of amides is 3. The molecule has 2 N–H and O–H groups in total. The van der Waals surface area contributed by atoms with Crippen molar-refractivity contribution < 1.29 is 14.4 Å². The molecule has 0 saturated heterocycles. The maximum atomic E-state index is 13.4. The Morgan fingerprint density at radius 1 is 1.12 bits per heavy atom. The van der Waals surface area contributed by atoms with Crippen molar-refractivity contribution in [1.29, 1.82) is 0 Å². The van der Waals surface area contributed by atoms with Crippen molar-refractivity contribution in [3.63, 3.8) is 0 Å². The molecule has 1 heterocycles. The molecular formula is C24H32N4O3S. The molecule has 1 aromatic carbocycles. The van der Waals surface area contributed by atoms with Gasteiger partial charge in [0.05, 0.1) is 0 Å². The molecule has 1 aromatic heterocycles. The standard InChI is InChI=1S/C24H32N4O3S/c1-16(2)22(23(31)26-18-6-4-5-7-18)28(19-10-8-17(3)9-11-19)21(30)13-12-20(29)27-24-25-14-15-32-24/h8-11,14-16,18,22H,4-7,12-13H2,1-3H3,(H,26,31)(H,25,27,29)/t22-/m1/s1. The number of benzene rings is 1. The zero-order valence-corrected chi connectivity index (χ0v) is 19.8. The molecule has 1 atom stereocenters. The Kier molecular flexibility index (Phi) is 8.39. The Bertz CT molecular complexity index is 906. The molecule has 0 bridgehead atoms. The van der Waals surface area contributed by atoms with Crippen LogP contribution >= 0.6 is 11.3 Å². The molecule has 8 heteroatoms. The van der Waals surface area contributed by atoms with E-state index >= 15 is 0 Å². The molecule has 172 valence electrons. The minimum absolute atomic E-state index is 0.00497. The molecule has 3 amide bonds. The van der Waals surface area contributed by atoms with Crippen LogP contribution in [0.3, 0.4) is 0 Å². The van der Waals surface area contributed by atoms with Gasteiger partial charge < -0.3 is 10.6 Å². The van der Waals surface area contributed by atoms with Crippen LogP contribution in [0.5, 0.6) is 0 Å². The minimum Gasteiger partial charge on any atom is -0.352 e. The van der Waals surface area contributed by atoms with Crippen LogP contribution in [-0.2, 0) is 14.4 Å². The quantitative estimate of drug-likeness (QED) is 0.589. The lowest BCUT2D eigenvalue weighted by Gasteiger charge is -2.34.